The molecule has 0 heterocycles. The molecule has 0 saturated heterocycles. The lowest BCUT2D eigenvalue weighted by atomic mass is 10.2. The smallest absolute Gasteiger partial charge is 0.344 e. The van der Waals surface area contributed by atoms with E-state index >= 15 is 0 Å². The Hall–Kier alpha value is -1.62. The molecular weight excluding hydrogens is 237 g/mol. The van der Waals surface area contributed by atoms with Gasteiger partial charge >= 0.3 is 5.97 Å². The van der Waals surface area contributed by atoms with Crippen LogP contribution >= 0.6 is 0 Å². The number of rotatable bonds is 6. The van der Waals surface area contributed by atoms with Crippen LogP contribution < -0.4 is 10.1 Å². The number of esters is 1. The van der Waals surface area contributed by atoms with Crippen LogP contribution in [0.4, 0.5) is 4.39 Å². The van der Waals surface area contributed by atoms with Crippen molar-refractivity contribution in [3.8, 4) is 5.75 Å². The molecule has 0 aromatic heterocycles. The fourth-order valence-corrected chi connectivity index (χ4v) is 1.45. The van der Waals surface area contributed by atoms with Gasteiger partial charge in [-0.2, -0.15) is 0 Å². The zero-order chi connectivity index (χ0) is 13.5. The third-order valence-electron chi connectivity index (χ3n) is 2.04. The quantitative estimate of drug-likeness (QED) is 0.788. The number of benzene rings is 1. The summed E-state index contributed by atoms with van der Waals surface area (Å²) in [4.78, 5) is 11.3. The van der Waals surface area contributed by atoms with Crippen LogP contribution in [0.15, 0.2) is 18.2 Å². The van der Waals surface area contributed by atoms with Crippen molar-refractivity contribution >= 4 is 5.97 Å². The average Bonchev–Trinajstić information content (AvgIpc) is 2.25. The van der Waals surface area contributed by atoms with E-state index in [1.165, 1.54) is 12.1 Å². The molecule has 1 aromatic carbocycles. The van der Waals surface area contributed by atoms with Gasteiger partial charge in [-0.05, 0) is 38.6 Å². The largest absolute Gasteiger partial charge is 0.482 e. The second-order valence-electron chi connectivity index (χ2n) is 4.15. The van der Waals surface area contributed by atoms with Crippen LogP contribution in [0.5, 0.6) is 5.75 Å². The highest BCUT2D eigenvalue weighted by atomic mass is 19.1. The van der Waals surface area contributed by atoms with Crippen LogP contribution in [0.25, 0.3) is 0 Å². The Morgan fingerprint density at radius 3 is 2.72 bits per heavy atom. The minimum absolute atomic E-state index is 0.187. The Kier molecular flexibility index (Phi) is 5.58. The summed E-state index contributed by atoms with van der Waals surface area (Å²) in [5.41, 5.74) is 0.754. The van der Waals surface area contributed by atoms with Crippen LogP contribution in [-0.4, -0.2) is 25.7 Å². The van der Waals surface area contributed by atoms with Gasteiger partial charge in [-0.1, -0.05) is 0 Å². The zero-order valence-electron chi connectivity index (χ0n) is 10.8. The summed E-state index contributed by atoms with van der Waals surface area (Å²) in [6, 6.07) is 4.33. The Bertz CT molecular complexity index is 407. The molecular formula is C13H18FNO3. The third kappa shape index (κ3) is 5.14. The minimum atomic E-state index is -0.468. The highest BCUT2D eigenvalue weighted by Crippen LogP contribution is 2.16. The first kappa shape index (κ1) is 14.4. The Morgan fingerprint density at radius 1 is 1.39 bits per heavy atom. The van der Waals surface area contributed by atoms with Gasteiger partial charge in [-0.25, -0.2) is 9.18 Å². The summed E-state index contributed by atoms with van der Waals surface area (Å²) in [5.74, 6) is -0.541. The molecule has 0 saturated carbocycles. The van der Waals surface area contributed by atoms with Gasteiger partial charge in [-0.15, -0.1) is 0 Å². The third-order valence-corrected chi connectivity index (χ3v) is 2.04. The second-order valence-corrected chi connectivity index (χ2v) is 4.15. The molecule has 0 bridgehead atoms. The van der Waals surface area contributed by atoms with Gasteiger partial charge in [0, 0.05) is 12.6 Å². The first-order chi connectivity index (χ1) is 8.51. The first-order valence-corrected chi connectivity index (χ1v) is 5.77. The Balaban J connectivity index is 2.58. The Labute approximate surface area is 106 Å². The number of carbonyl (C=O) groups is 1. The monoisotopic (exact) mass is 255 g/mol. The summed E-state index contributed by atoms with van der Waals surface area (Å²) >= 11 is 0. The number of hydrogen-bond donors (Lipinski definition) is 1. The molecule has 0 aliphatic carbocycles. The summed E-state index contributed by atoms with van der Waals surface area (Å²) in [6.45, 7) is 3.82. The summed E-state index contributed by atoms with van der Waals surface area (Å²) < 4.78 is 23.4. The molecule has 5 heteroatoms. The number of carbonyl (C=O) groups excluding carboxylic acids is 1. The van der Waals surface area contributed by atoms with Crippen molar-refractivity contribution in [3.63, 3.8) is 0 Å². The SMILES string of the molecule is CNCc1cc(F)cc(OCC(=O)OC(C)C)c1. The molecule has 18 heavy (non-hydrogen) atoms. The molecule has 0 spiro atoms. The molecule has 1 rings (SSSR count). The Morgan fingerprint density at radius 2 is 2.11 bits per heavy atom. The molecule has 1 aromatic rings. The highest BCUT2D eigenvalue weighted by molar-refractivity contribution is 5.71. The van der Waals surface area contributed by atoms with Gasteiger partial charge in [0.25, 0.3) is 0 Å². The van der Waals surface area contributed by atoms with Crippen molar-refractivity contribution in [1.29, 1.82) is 0 Å². The van der Waals surface area contributed by atoms with Crippen molar-refractivity contribution in [2.45, 2.75) is 26.5 Å². The molecule has 4 nitrogen and oxygen atoms in total. The molecule has 1 N–H and O–H groups in total. The maximum atomic E-state index is 13.3. The first-order valence-electron chi connectivity index (χ1n) is 5.77. The molecule has 100 valence electrons. The van der Waals surface area contributed by atoms with E-state index in [-0.39, 0.29) is 12.7 Å². The van der Waals surface area contributed by atoms with Gasteiger partial charge in [0.05, 0.1) is 6.10 Å². The van der Waals surface area contributed by atoms with Crippen LogP contribution in [0.1, 0.15) is 19.4 Å². The zero-order valence-corrected chi connectivity index (χ0v) is 10.8. The minimum Gasteiger partial charge on any atom is -0.482 e. The van der Waals surface area contributed by atoms with Crippen molar-refractivity contribution < 1.29 is 18.7 Å². The van der Waals surface area contributed by atoms with Crippen molar-refractivity contribution in [2.75, 3.05) is 13.7 Å². The molecule has 0 fully saturated rings. The van der Waals surface area contributed by atoms with Crippen LogP contribution in [0.3, 0.4) is 0 Å². The van der Waals surface area contributed by atoms with Gasteiger partial charge in [0.2, 0.25) is 0 Å². The maximum absolute atomic E-state index is 13.3. The summed E-state index contributed by atoms with van der Waals surface area (Å²) in [7, 11) is 1.77. The number of ether oxygens (including phenoxy) is 2. The lowest BCUT2D eigenvalue weighted by molar-refractivity contribution is -0.149. The van der Waals surface area contributed by atoms with Crippen molar-refractivity contribution in [1.82, 2.24) is 5.32 Å². The lowest BCUT2D eigenvalue weighted by Crippen LogP contribution is -2.18. The lowest BCUT2D eigenvalue weighted by Gasteiger charge is -2.10. The molecule has 0 amide bonds. The maximum Gasteiger partial charge on any atom is 0.344 e. The molecule has 0 atom stereocenters. The van der Waals surface area contributed by atoms with Gasteiger partial charge in [-0.3, -0.25) is 0 Å². The topological polar surface area (TPSA) is 47.6 Å². The molecule has 0 unspecified atom stereocenters. The summed E-state index contributed by atoms with van der Waals surface area (Å²) in [5, 5.41) is 2.92. The van der Waals surface area contributed by atoms with Gasteiger partial charge < -0.3 is 14.8 Å². The van der Waals surface area contributed by atoms with E-state index < -0.39 is 11.8 Å². The van der Waals surface area contributed by atoms with E-state index in [4.69, 9.17) is 9.47 Å². The van der Waals surface area contributed by atoms with Crippen LogP contribution in [-0.2, 0) is 16.1 Å². The molecule has 0 radical (unpaired) electrons. The second kappa shape index (κ2) is 6.96. The standard InChI is InChI=1S/C13H18FNO3/c1-9(2)18-13(16)8-17-12-5-10(7-15-3)4-11(14)6-12/h4-6,9,15H,7-8H2,1-3H3. The van der Waals surface area contributed by atoms with E-state index in [0.29, 0.717) is 12.3 Å². The predicted octanol–water partition coefficient (Wildman–Crippen LogP) is 1.88. The fraction of sp³-hybridized carbons (Fsp3) is 0.462. The average molecular weight is 255 g/mol. The molecule has 0 aliphatic rings. The van der Waals surface area contributed by atoms with E-state index in [1.54, 1.807) is 27.0 Å². The highest BCUT2D eigenvalue weighted by Gasteiger charge is 2.08. The fourth-order valence-electron chi connectivity index (χ4n) is 1.45. The summed E-state index contributed by atoms with van der Waals surface area (Å²) in [6.07, 6.45) is -0.187. The normalized spacial score (nSPS) is 10.5. The van der Waals surface area contributed by atoms with E-state index in [9.17, 15) is 9.18 Å². The number of nitrogens with one attached hydrogen (secondary N) is 1. The number of halogens is 1. The predicted molar refractivity (Wildman–Crippen MR) is 65.9 cm³/mol. The van der Waals surface area contributed by atoms with Crippen LogP contribution in [0.2, 0.25) is 0 Å². The number of hydrogen-bond acceptors (Lipinski definition) is 4. The van der Waals surface area contributed by atoms with Gasteiger partial charge in [0.15, 0.2) is 6.61 Å². The van der Waals surface area contributed by atoms with Crippen molar-refractivity contribution in [2.24, 2.45) is 0 Å². The van der Waals surface area contributed by atoms with Crippen molar-refractivity contribution in [3.05, 3.63) is 29.6 Å². The van der Waals surface area contributed by atoms with E-state index in [0.717, 1.165) is 5.56 Å². The van der Waals surface area contributed by atoms with Gasteiger partial charge in [0.1, 0.15) is 11.6 Å². The molecule has 0 aliphatic heterocycles. The van der Waals surface area contributed by atoms with E-state index in [1.807, 2.05) is 0 Å². The van der Waals surface area contributed by atoms with E-state index in [2.05, 4.69) is 5.32 Å². The van der Waals surface area contributed by atoms with Crippen LogP contribution in [0, 0.1) is 5.82 Å².